The molecule has 3 fully saturated rings. The SMILES string of the molecule is CCCCCOC1C(C(O)COC2OC(COC(C)=O)C(OC(C)=O)C(OC(C)=O)C2NC(C)=O)OC2OC(C)(C)OC21. The minimum Gasteiger partial charge on any atom is -0.463 e. The highest BCUT2D eigenvalue weighted by Crippen LogP contribution is 2.40. The van der Waals surface area contributed by atoms with Gasteiger partial charge in [-0.25, -0.2) is 0 Å². The summed E-state index contributed by atoms with van der Waals surface area (Å²) in [6.45, 7) is 9.96. The number of esters is 3. The summed E-state index contributed by atoms with van der Waals surface area (Å²) in [7, 11) is 0. The van der Waals surface area contributed by atoms with Gasteiger partial charge in [0.2, 0.25) is 5.91 Å². The molecule has 3 heterocycles. The molecule has 0 radical (unpaired) electrons. The standard InChI is InChI=1S/C28H45NO14/c1-8-9-10-11-35-24-21(41-27-25(24)42-28(6,7)43-27)18(34)12-37-26-20(29-14(2)30)23(39-17(5)33)22(38-16(4)32)19(40-26)13-36-15(3)31/h18-27,34H,8-13H2,1-7H3,(H,29,30). The van der Waals surface area contributed by atoms with E-state index in [2.05, 4.69) is 12.2 Å². The molecule has 0 aromatic heterocycles. The number of aliphatic hydroxyl groups excluding tert-OH is 1. The lowest BCUT2D eigenvalue weighted by atomic mass is 9.96. The molecule has 0 spiro atoms. The molecule has 10 atom stereocenters. The van der Waals surface area contributed by atoms with Crippen LogP contribution < -0.4 is 5.32 Å². The minimum atomic E-state index is -1.34. The molecule has 3 aliphatic heterocycles. The maximum absolute atomic E-state index is 12.2. The van der Waals surface area contributed by atoms with Crippen molar-refractivity contribution in [2.24, 2.45) is 0 Å². The zero-order valence-corrected chi connectivity index (χ0v) is 25.8. The van der Waals surface area contributed by atoms with E-state index in [1.807, 2.05) is 0 Å². The minimum absolute atomic E-state index is 0.381. The van der Waals surface area contributed by atoms with Crippen molar-refractivity contribution in [2.45, 2.75) is 135 Å². The Morgan fingerprint density at radius 3 is 2.16 bits per heavy atom. The Hall–Kier alpha value is -2.40. The molecule has 3 rings (SSSR count). The number of unbranched alkanes of at least 4 members (excludes halogenated alkanes) is 2. The van der Waals surface area contributed by atoms with Crippen molar-refractivity contribution in [1.82, 2.24) is 5.32 Å². The van der Waals surface area contributed by atoms with Crippen molar-refractivity contribution < 1.29 is 66.9 Å². The van der Waals surface area contributed by atoms with E-state index in [0.717, 1.165) is 33.1 Å². The number of nitrogens with one attached hydrogen (secondary N) is 1. The van der Waals surface area contributed by atoms with Gasteiger partial charge in [0.25, 0.3) is 0 Å². The number of amides is 1. The molecule has 10 unspecified atom stereocenters. The van der Waals surface area contributed by atoms with Crippen LogP contribution in [0.1, 0.15) is 67.7 Å². The van der Waals surface area contributed by atoms with E-state index in [1.165, 1.54) is 13.8 Å². The largest absolute Gasteiger partial charge is 0.463 e. The van der Waals surface area contributed by atoms with Gasteiger partial charge in [0.05, 0.1) is 6.61 Å². The maximum atomic E-state index is 12.2. The van der Waals surface area contributed by atoms with Crippen LogP contribution in [0.15, 0.2) is 0 Å². The van der Waals surface area contributed by atoms with E-state index in [4.69, 9.17) is 42.6 Å². The summed E-state index contributed by atoms with van der Waals surface area (Å²) < 4.78 is 51.9. The number of hydrogen-bond acceptors (Lipinski definition) is 14. The van der Waals surface area contributed by atoms with Gasteiger partial charge in [0.1, 0.15) is 43.2 Å². The van der Waals surface area contributed by atoms with Gasteiger partial charge in [-0.2, -0.15) is 0 Å². The lowest BCUT2D eigenvalue weighted by Crippen LogP contribution is -2.66. The lowest BCUT2D eigenvalue weighted by Gasteiger charge is -2.45. The first-order valence-electron chi connectivity index (χ1n) is 14.5. The van der Waals surface area contributed by atoms with Crippen molar-refractivity contribution in [1.29, 1.82) is 0 Å². The normalized spacial score (nSPS) is 33.7. The molecule has 3 saturated heterocycles. The summed E-state index contributed by atoms with van der Waals surface area (Å²) in [4.78, 5) is 47.7. The van der Waals surface area contributed by atoms with Crippen molar-refractivity contribution in [2.75, 3.05) is 19.8 Å². The Morgan fingerprint density at radius 1 is 0.884 bits per heavy atom. The summed E-state index contributed by atoms with van der Waals surface area (Å²) in [6, 6.07) is -1.18. The van der Waals surface area contributed by atoms with E-state index in [1.54, 1.807) is 13.8 Å². The third kappa shape index (κ3) is 9.80. The average Bonchev–Trinajstić information content (AvgIpc) is 3.37. The van der Waals surface area contributed by atoms with Crippen molar-refractivity contribution in [3.8, 4) is 0 Å². The van der Waals surface area contributed by atoms with Crippen LogP contribution in [-0.4, -0.2) is 116 Å². The van der Waals surface area contributed by atoms with Gasteiger partial charge < -0.3 is 53.1 Å². The van der Waals surface area contributed by atoms with E-state index in [0.29, 0.717) is 6.61 Å². The van der Waals surface area contributed by atoms with Crippen LogP contribution in [0.5, 0.6) is 0 Å². The molecular weight excluding hydrogens is 574 g/mol. The summed E-state index contributed by atoms with van der Waals surface area (Å²) >= 11 is 0. The molecule has 0 saturated carbocycles. The molecule has 0 aromatic carbocycles. The number of aliphatic hydroxyl groups is 1. The summed E-state index contributed by atoms with van der Waals surface area (Å²) in [5, 5.41) is 13.8. The smallest absolute Gasteiger partial charge is 0.303 e. The number of carbonyl (C=O) groups is 4. The second kappa shape index (κ2) is 15.5. The van der Waals surface area contributed by atoms with Gasteiger partial charge in [-0.3, -0.25) is 19.2 Å². The van der Waals surface area contributed by atoms with Crippen LogP contribution >= 0.6 is 0 Å². The predicted molar refractivity (Wildman–Crippen MR) is 144 cm³/mol. The van der Waals surface area contributed by atoms with Crippen LogP contribution in [0.25, 0.3) is 0 Å². The predicted octanol–water partition coefficient (Wildman–Crippen LogP) is 0.472. The van der Waals surface area contributed by atoms with Gasteiger partial charge in [0.15, 0.2) is 30.6 Å². The van der Waals surface area contributed by atoms with Crippen LogP contribution in [-0.2, 0) is 61.8 Å². The monoisotopic (exact) mass is 619 g/mol. The Morgan fingerprint density at radius 2 is 1.56 bits per heavy atom. The quantitative estimate of drug-likeness (QED) is 0.155. The van der Waals surface area contributed by atoms with Crippen LogP contribution in [0, 0.1) is 0 Å². The molecule has 0 aromatic rings. The van der Waals surface area contributed by atoms with E-state index >= 15 is 0 Å². The van der Waals surface area contributed by atoms with Crippen molar-refractivity contribution in [3.63, 3.8) is 0 Å². The third-order valence-electron chi connectivity index (χ3n) is 6.97. The highest BCUT2D eigenvalue weighted by molar-refractivity contribution is 5.73. The fourth-order valence-electron chi connectivity index (χ4n) is 5.30. The zero-order chi connectivity index (χ0) is 31.9. The number of fused-ring (bicyclic) bond motifs is 1. The summed E-state index contributed by atoms with van der Waals surface area (Å²) in [5.41, 5.74) is 0. The van der Waals surface area contributed by atoms with Gasteiger partial charge in [-0.1, -0.05) is 19.8 Å². The van der Waals surface area contributed by atoms with Crippen molar-refractivity contribution >= 4 is 23.8 Å². The molecule has 3 aliphatic rings. The second-order valence-electron chi connectivity index (χ2n) is 11.2. The Kier molecular flexibility index (Phi) is 12.7. The number of hydrogen-bond donors (Lipinski definition) is 2. The molecule has 0 aliphatic carbocycles. The molecule has 246 valence electrons. The van der Waals surface area contributed by atoms with E-state index in [9.17, 15) is 24.3 Å². The highest BCUT2D eigenvalue weighted by atomic mass is 16.8. The van der Waals surface area contributed by atoms with Gasteiger partial charge in [-0.05, 0) is 20.3 Å². The maximum Gasteiger partial charge on any atom is 0.303 e. The Bertz CT molecular complexity index is 975. The fraction of sp³-hybridized carbons (Fsp3) is 0.857. The zero-order valence-electron chi connectivity index (χ0n) is 25.8. The number of carbonyl (C=O) groups excluding carboxylic acids is 4. The summed E-state index contributed by atoms with van der Waals surface area (Å²) in [6.07, 6.45) is -6.45. The Balaban J connectivity index is 1.80. The topological polar surface area (TPSA) is 184 Å². The molecule has 0 bridgehead atoms. The number of rotatable bonds is 14. The van der Waals surface area contributed by atoms with Crippen LogP contribution in [0.3, 0.4) is 0 Å². The molecule has 2 N–H and O–H groups in total. The van der Waals surface area contributed by atoms with Crippen LogP contribution in [0.2, 0.25) is 0 Å². The molecule has 43 heavy (non-hydrogen) atoms. The summed E-state index contributed by atoms with van der Waals surface area (Å²) in [5.74, 6) is -3.51. The number of ether oxygens (including phenoxy) is 9. The first-order valence-corrected chi connectivity index (χ1v) is 14.5. The highest BCUT2D eigenvalue weighted by Gasteiger charge is 2.57. The molecule has 15 nitrogen and oxygen atoms in total. The molecular formula is C28H45NO14. The molecule has 1 amide bonds. The Labute approximate surface area is 251 Å². The van der Waals surface area contributed by atoms with Gasteiger partial charge >= 0.3 is 17.9 Å². The van der Waals surface area contributed by atoms with Gasteiger partial charge in [-0.15, -0.1) is 0 Å². The molecule has 15 heteroatoms. The third-order valence-corrected chi connectivity index (χ3v) is 6.97. The fourth-order valence-corrected chi connectivity index (χ4v) is 5.30. The van der Waals surface area contributed by atoms with Gasteiger partial charge in [0, 0.05) is 34.3 Å². The average molecular weight is 620 g/mol. The second-order valence-corrected chi connectivity index (χ2v) is 11.2. The first-order chi connectivity index (χ1) is 20.2. The van der Waals surface area contributed by atoms with E-state index < -0.39 is 91.0 Å². The van der Waals surface area contributed by atoms with Crippen LogP contribution in [0.4, 0.5) is 0 Å². The van der Waals surface area contributed by atoms with E-state index in [-0.39, 0.29) is 13.2 Å². The lowest BCUT2D eigenvalue weighted by molar-refractivity contribution is -0.286. The van der Waals surface area contributed by atoms with Crippen molar-refractivity contribution in [3.05, 3.63) is 0 Å². The first kappa shape index (κ1) is 35.1.